The fraction of sp³-hybridized carbons (Fsp3) is 0.391. The normalized spacial score (nSPS) is 15.1. The molecule has 5 nitrogen and oxygen atoms in total. The van der Waals surface area contributed by atoms with E-state index < -0.39 is 5.41 Å². The monoisotopic (exact) mass is 410 g/mol. The first-order chi connectivity index (χ1) is 13.8. The maximum Gasteiger partial charge on any atom is 0.231 e. The molecular formula is C23H30N4OS. The van der Waals surface area contributed by atoms with E-state index in [1.54, 1.807) is 0 Å². The predicted octanol–water partition coefficient (Wildman–Crippen LogP) is 3.87. The Balaban J connectivity index is 1.48. The summed E-state index contributed by atoms with van der Waals surface area (Å²) in [5, 5.41) is 6.14. The van der Waals surface area contributed by atoms with E-state index in [0.29, 0.717) is 5.11 Å². The van der Waals surface area contributed by atoms with Crippen molar-refractivity contribution in [3.63, 3.8) is 0 Å². The molecule has 29 heavy (non-hydrogen) atoms. The molecule has 0 atom stereocenters. The van der Waals surface area contributed by atoms with E-state index in [1.165, 1.54) is 11.3 Å². The summed E-state index contributed by atoms with van der Waals surface area (Å²) in [6.45, 7) is 10.7. The van der Waals surface area contributed by atoms with Crippen molar-refractivity contribution >= 4 is 34.6 Å². The van der Waals surface area contributed by atoms with Gasteiger partial charge in [0.05, 0.1) is 0 Å². The Morgan fingerprint density at radius 3 is 2.17 bits per heavy atom. The Morgan fingerprint density at radius 1 is 0.966 bits per heavy atom. The van der Waals surface area contributed by atoms with Gasteiger partial charge in [0.15, 0.2) is 5.11 Å². The molecule has 1 aliphatic heterocycles. The van der Waals surface area contributed by atoms with Crippen LogP contribution < -0.4 is 15.5 Å². The number of hydrogen-bond donors (Lipinski definition) is 2. The van der Waals surface area contributed by atoms with Gasteiger partial charge in [0.25, 0.3) is 0 Å². The van der Waals surface area contributed by atoms with Gasteiger partial charge in [-0.05, 0) is 42.0 Å². The molecule has 2 aromatic carbocycles. The molecule has 0 spiro atoms. The minimum atomic E-state index is -0.474. The van der Waals surface area contributed by atoms with Crippen LogP contribution in [-0.4, -0.2) is 42.1 Å². The highest BCUT2D eigenvalue weighted by molar-refractivity contribution is 7.80. The predicted molar refractivity (Wildman–Crippen MR) is 124 cm³/mol. The maximum atomic E-state index is 12.0. The number of benzene rings is 2. The molecule has 0 saturated carbocycles. The Labute approximate surface area is 179 Å². The van der Waals surface area contributed by atoms with Crippen molar-refractivity contribution in [3.8, 4) is 0 Å². The molecule has 6 heteroatoms. The molecule has 1 fully saturated rings. The molecule has 1 aliphatic rings. The first-order valence-corrected chi connectivity index (χ1v) is 10.5. The van der Waals surface area contributed by atoms with Crippen LogP contribution in [0.25, 0.3) is 0 Å². The van der Waals surface area contributed by atoms with E-state index >= 15 is 0 Å². The third-order valence-corrected chi connectivity index (χ3v) is 5.22. The minimum absolute atomic E-state index is 0.0972. The second-order valence-electron chi connectivity index (χ2n) is 8.45. The Bertz CT molecular complexity index is 822. The van der Waals surface area contributed by atoms with Crippen molar-refractivity contribution in [1.29, 1.82) is 0 Å². The summed E-state index contributed by atoms with van der Waals surface area (Å²) in [6, 6.07) is 18.8. The molecule has 2 N–H and O–H groups in total. The molecule has 0 aliphatic carbocycles. The average Bonchev–Trinajstić information content (AvgIpc) is 2.69. The summed E-state index contributed by atoms with van der Waals surface area (Å²) in [7, 11) is 0. The molecule has 1 saturated heterocycles. The molecule has 154 valence electrons. The van der Waals surface area contributed by atoms with Gasteiger partial charge in [0, 0.05) is 49.5 Å². The Kier molecular flexibility index (Phi) is 6.87. The number of anilines is 2. The number of rotatable bonds is 4. The Hall–Kier alpha value is -2.44. The molecule has 3 rings (SSSR count). The van der Waals surface area contributed by atoms with E-state index in [4.69, 9.17) is 12.2 Å². The van der Waals surface area contributed by atoms with Crippen LogP contribution in [0.15, 0.2) is 54.6 Å². The summed E-state index contributed by atoms with van der Waals surface area (Å²) < 4.78 is 0. The number of thiocarbonyl (C=S) groups is 1. The highest BCUT2D eigenvalue weighted by Crippen LogP contribution is 2.20. The van der Waals surface area contributed by atoms with Crippen molar-refractivity contribution in [2.24, 2.45) is 5.41 Å². The summed E-state index contributed by atoms with van der Waals surface area (Å²) in [6.07, 6.45) is 0. The fourth-order valence-corrected chi connectivity index (χ4v) is 3.42. The van der Waals surface area contributed by atoms with Crippen molar-refractivity contribution in [3.05, 3.63) is 60.2 Å². The summed E-state index contributed by atoms with van der Waals surface area (Å²) >= 11 is 5.25. The zero-order valence-corrected chi connectivity index (χ0v) is 18.3. The van der Waals surface area contributed by atoms with Gasteiger partial charge in [0.1, 0.15) is 0 Å². The first kappa shape index (κ1) is 21.3. The summed E-state index contributed by atoms with van der Waals surface area (Å²) in [5.41, 5.74) is 2.97. The van der Waals surface area contributed by atoms with Crippen LogP contribution in [0, 0.1) is 5.41 Å². The highest BCUT2D eigenvalue weighted by atomic mass is 32.1. The molecule has 0 radical (unpaired) electrons. The van der Waals surface area contributed by atoms with Gasteiger partial charge < -0.3 is 15.5 Å². The third kappa shape index (κ3) is 6.27. The highest BCUT2D eigenvalue weighted by Gasteiger charge is 2.22. The second kappa shape index (κ2) is 9.37. The zero-order chi connectivity index (χ0) is 20.9. The van der Waals surface area contributed by atoms with Crippen molar-refractivity contribution < 1.29 is 4.79 Å². The number of nitrogens with zero attached hydrogens (tertiary/aromatic N) is 2. The lowest BCUT2D eigenvalue weighted by molar-refractivity contribution is -0.126. The molecule has 0 bridgehead atoms. The standard InChI is InChI=1S/C23H30N4OS/c1-23(2,3)21(28)25-22(29)24-19-9-11-20(12-10-19)27-15-13-26(14-16-27)17-18-7-5-4-6-8-18/h4-12H,13-17H2,1-3H3,(H2,24,25,28,29). The molecular weight excluding hydrogens is 380 g/mol. The third-order valence-electron chi connectivity index (χ3n) is 5.02. The molecule has 2 aromatic rings. The minimum Gasteiger partial charge on any atom is -0.369 e. The van der Waals surface area contributed by atoms with Crippen LogP contribution in [-0.2, 0) is 11.3 Å². The van der Waals surface area contributed by atoms with E-state index in [2.05, 4.69) is 62.9 Å². The van der Waals surface area contributed by atoms with Gasteiger partial charge in [-0.1, -0.05) is 51.1 Å². The van der Waals surface area contributed by atoms with Crippen LogP contribution in [0.1, 0.15) is 26.3 Å². The quantitative estimate of drug-likeness (QED) is 0.750. The van der Waals surface area contributed by atoms with Crippen LogP contribution in [0.2, 0.25) is 0 Å². The van der Waals surface area contributed by atoms with E-state index in [9.17, 15) is 4.79 Å². The van der Waals surface area contributed by atoms with E-state index in [1.807, 2.05) is 32.9 Å². The van der Waals surface area contributed by atoms with Crippen molar-refractivity contribution in [2.75, 3.05) is 36.4 Å². The lowest BCUT2D eigenvalue weighted by atomic mass is 9.96. The zero-order valence-electron chi connectivity index (χ0n) is 17.4. The van der Waals surface area contributed by atoms with E-state index in [-0.39, 0.29) is 5.91 Å². The van der Waals surface area contributed by atoms with Gasteiger partial charge in [-0.2, -0.15) is 0 Å². The second-order valence-corrected chi connectivity index (χ2v) is 8.86. The lowest BCUT2D eigenvalue weighted by Gasteiger charge is -2.36. The summed E-state index contributed by atoms with van der Waals surface area (Å²) in [4.78, 5) is 16.9. The fourth-order valence-electron chi connectivity index (χ4n) is 3.21. The summed E-state index contributed by atoms with van der Waals surface area (Å²) in [5.74, 6) is -0.0972. The smallest absolute Gasteiger partial charge is 0.231 e. The number of nitrogens with one attached hydrogen (secondary N) is 2. The lowest BCUT2D eigenvalue weighted by Crippen LogP contribution is -2.45. The SMILES string of the molecule is CC(C)(C)C(=O)NC(=S)Nc1ccc(N2CCN(Cc3ccccc3)CC2)cc1. The van der Waals surface area contributed by atoms with Crippen molar-refractivity contribution in [2.45, 2.75) is 27.3 Å². The number of hydrogen-bond acceptors (Lipinski definition) is 4. The van der Waals surface area contributed by atoms with Gasteiger partial charge in [0.2, 0.25) is 5.91 Å². The van der Waals surface area contributed by atoms with Gasteiger partial charge >= 0.3 is 0 Å². The number of carbonyl (C=O) groups is 1. The molecule has 0 aromatic heterocycles. The van der Waals surface area contributed by atoms with Crippen LogP contribution in [0.3, 0.4) is 0 Å². The molecule has 1 heterocycles. The van der Waals surface area contributed by atoms with Crippen LogP contribution in [0.4, 0.5) is 11.4 Å². The Morgan fingerprint density at radius 2 is 1.59 bits per heavy atom. The van der Waals surface area contributed by atoms with Gasteiger partial charge in [-0.15, -0.1) is 0 Å². The largest absolute Gasteiger partial charge is 0.369 e. The van der Waals surface area contributed by atoms with Gasteiger partial charge in [-0.25, -0.2) is 0 Å². The van der Waals surface area contributed by atoms with E-state index in [0.717, 1.165) is 38.4 Å². The molecule has 1 amide bonds. The topological polar surface area (TPSA) is 47.6 Å². The number of carbonyl (C=O) groups excluding carboxylic acids is 1. The number of piperazine rings is 1. The van der Waals surface area contributed by atoms with Crippen LogP contribution in [0.5, 0.6) is 0 Å². The molecule has 0 unspecified atom stereocenters. The van der Waals surface area contributed by atoms with Crippen LogP contribution >= 0.6 is 12.2 Å². The maximum absolute atomic E-state index is 12.0. The van der Waals surface area contributed by atoms with Gasteiger partial charge in [-0.3, -0.25) is 9.69 Å². The van der Waals surface area contributed by atoms with Crippen molar-refractivity contribution in [1.82, 2.24) is 10.2 Å². The number of amides is 1. The average molecular weight is 411 g/mol. The first-order valence-electron chi connectivity index (χ1n) is 10.0.